The molecule has 0 radical (unpaired) electrons. The van der Waals surface area contributed by atoms with Gasteiger partial charge in [0.1, 0.15) is 12.4 Å². The molecule has 2 aromatic carbocycles. The van der Waals surface area contributed by atoms with E-state index in [9.17, 15) is 13.2 Å². The summed E-state index contributed by atoms with van der Waals surface area (Å²) < 4.78 is 31.6. The van der Waals surface area contributed by atoms with Gasteiger partial charge in [-0.3, -0.25) is 9.35 Å². The number of nitrogens with one attached hydrogen (secondary N) is 1. The Morgan fingerprint density at radius 3 is 2.32 bits per heavy atom. The lowest BCUT2D eigenvalue weighted by Crippen LogP contribution is -2.39. The topological polar surface area (TPSA) is 119 Å². The van der Waals surface area contributed by atoms with E-state index in [2.05, 4.69) is 5.32 Å². The molecule has 0 aliphatic rings. The van der Waals surface area contributed by atoms with Gasteiger partial charge in [-0.25, -0.2) is 0 Å². The molecule has 0 saturated carbocycles. The fourth-order valence-corrected chi connectivity index (χ4v) is 2.25. The Hall–Kier alpha value is -2.13. The maximum absolute atomic E-state index is 10.9. The van der Waals surface area contributed by atoms with Crippen molar-refractivity contribution in [3.8, 4) is 5.75 Å². The molecule has 0 bridgehead atoms. The van der Waals surface area contributed by atoms with Crippen molar-refractivity contribution in [2.24, 2.45) is 5.73 Å². The highest BCUT2D eigenvalue weighted by Gasteiger charge is 2.06. The molecular formula is C19H25ClN2O5S. The van der Waals surface area contributed by atoms with E-state index in [-0.39, 0.29) is 11.9 Å². The van der Waals surface area contributed by atoms with E-state index in [1.807, 2.05) is 48.5 Å². The summed E-state index contributed by atoms with van der Waals surface area (Å²) in [4.78, 5) is 10.9. The number of benzene rings is 2. The fourth-order valence-electron chi connectivity index (χ4n) is 2.06. The van der Waals surface area contributed by atoms with E-state index < -0.39 is 10.1 Å². The minimum Gasteiger partial charge on any atom is -0.489 e. The van der Waals surface area contributed by atoms with Crippen LogP contribution in [0.25, 0.3) is 0 Å². The SMILES string of the molecule is CC(NCCc1ccc(OCc2ccccc2Cl)cc1)C(N)=O.CS(=O)(=O)O. The van der Waals surface area contributed by atoms with Crippen molar-refractivity contribution in [2.45, 2.75) is 26.0 Å². The normalized spacial score (nSPS) is 11.9. The number of amides is 1. The molecule has 1 amide bonds. The van der Waals surface area contributed by atoms with E-state index in [4.69, 9.17) is 26.6 Å². The third-order valence-electron chi connectivity index (χ3n) is 3.57. The largest absolute Gasteiger partial charge is 0.489 e. The Morgan fingerprint density at radius 1 is 1.21 bits per heavy atom. The van der Waals surface area contributed by atoms with Crippen molar-refractivity contribution in [1.29, 1.82) is 0 Å². The second kappa shape index (κ2) is 11.7. The summed E-state index contributed by atoms with van der Waals surface area (Å²) >= 11 is 6.10. The minimum absolute atomic E-state index is 0.312. The lowest BCUT2D eigenvalue weighted by atomic mass is 10.1. The second-order valence-electron chi connectivity index (χ2n) is 6.09. The van der Waals surface area contributed by atoms with Crippen LogP contribution >= 0.6 is 11.6 Å². The Kier molecular flexibility index (Phi) is 9.95. The van der Waals surface area contributed by atoms with E-state index in [0.717, 1.165) is 17.7 Å². The number of nitrogens with two attached hydrogens (primary N) is 1. The Balaban J connectivity index is 0.000000696. The van der Waals surface area contributed by atoms with Gasteiger partial charge in [0, 0.05) is 10.6 Å². The third kappa shape index (κ3) is 10.9. The van der Waals surface area contributed by atoms with Crippen LogP contribution in [0.2, 0.25) is 5.02 Å². The van der Waals surface area contributed by atoms with Crippen LogP contribution in [0.1, 0.15) is 18.1 Å². The molecule has 2 rings (SSSR count). The number of hydrogen-bond donors (Lipinski definition) is 3. The molecule has 7 nitrogen and oxygen atoms in total. The van der Waals surface area contributed by atoms with Gasteiger partial charge in [0.05, 0.1) is 12.3 Å². The van der Waals surface area contributed by atoms with Gasteiger partial charge in [0.25, 0.3) is 10.1 Å². The highest BCUT2D eigenvalue weighted by atomic mass is 35.5. The van der Waals surface area contributed by atoms with Crippen LogP contribution in [0.15, 0.2) is 48.5 Å². The van der Waals surface area contributed by atoms with Crippen molar-refractivity contribution in [1.82, 2.24) is 5.32 Å². The van der Waals surface area contributed by atoms with E-state index >= 15 is 0 Å². The summed E-state index contributed by atoms with van der Waals surface area (Å²) in [6, 6.07) is 15.2. The molecular weight excluding hydrogens is 404 g/mol. The van der Waals surface area contributed by atoms with Gasteiger partial charge in [-0.2, -0.15) is 8.42 Å². The minimum atomic E-state index is -3.67. The number of hydrogen-bond acceptors (Lipinski definition) is 5. The van der Waals surface area contributed by atoms with Crippen LogP contribution in [0.5, 0.6) is 5.75 Å². The molecule has 0 fully saturated rings. The molecule has 28 heavy (non-hydrogen) atoms. The summed E-state index contributed by atoms with van der Waals surface area (Å²) in [6.07, 6.45) is 1.54. The highest BCUT2D eigenvalue weighted by molar-refractivity contribution is 7.85. The summed E-state index contributed by atoms with van der Waals surface area (Å²) in [5.41, 5.74) is 7.33. The van der Waals surface area contributed by atoms with Gasteiger partial charge in [-0.15, -0.1) is 0 Å². The summed E-state index contributed by atoms with van der Waals surface area (Å²) in [5.74, 6) is 0.459. The molecule has 0 aliphatic carbocycles. The highest BCUT2D eigenvalue weighted by Crippen LogP contribution is 2.19. The predicted molar refractivity (Wildman–Crippen MR) is 110 cm³/mol. The molecule has 2 aromatic rings. The maximum atomic E-state index is 10.9. The molecule has 154 valence electrons. The standard InChI is InChI=1S/C18H21ClN2O2.CH4O3S/c1-13(18(20)22)21-11-10-14-6-8-16(9-7-14)23-12-15-4-2-3-5-17(15)19;1-5(2,3)4/h2-9,13,21H,10-12H2,1H3,(H2,20,22);1H3,(H,2,3,4). The zero-order chi connectivity index (χ0) is 21.2. The first-order valence-corrected chi connectivity index (χ1v) is 10.7. The third-order valence-corrected chi connectivity index (χ3v) is 3.94. The second-order valence-corrected chi connectivity index (χ2v) is 7.96. The van der Waals surface area contributed by atoms with Crippen molar-refractivity contribution in [3.63, 3.8) is 0 Å². The number of primary amides is 1. The molecule has 1 unspecified atom stereocenters. The predicted octanol–water partition coefficient (Wildman–Crippen LogP) is 2.43. The molecule has 0 heterocycles. The molecule has 4 N–H and O–H groups in total. The summed E-state index contributed by atoms with van der Waals surface area (Å²) in [5, 5.41) is 3.78. The van der Waals surface area contributed by atoms with Crippen molar-refractivity contribution < 1.29 is 22.5 Å². The van der Waals surface area contributed by atoms with Crippen molar-refractivity contribution in [2.75, 3.05) is 12.8 Å². The van der Waals surface area contributed by atoms with Crippen molar-refractivity contribution in [3.05, 3.63) is 64.7 Å². The van der Waals surface area contributed by atoms with Gasteiger partial charge < -0.3 is 15.8 Å². The molecule has 0 aliphatic heterocycles. The number of ether oxygens (including phenoxy) is 1. The lowest BCUT2D eigenvalue weighted by Gasteiger charge is -2.11. The zero-order valence-electron chi connectivity index (χ0n) is 15.8. The van der Waals surface area contributed by atoms with Crippen LogP contribution in [-0.2, 0) is 27.9 Å². The molecule has 9 heteroatoms. The average Bonchev–Trinajstić information content (AvgIpc) is 2.60. The molecule has 1 atom stereocenters. The zero-order valence-corrected chi connectivity index (χ0v) is 17.3. The van der Waals surface area contributed by atoms with E-state index in [1.165, 1.54) is 5.56 Å². The first-order valence-electron chi connectivity index (χ1n) is 8.46. The van der Waals surface area contributed by atoms with Crippen LogP contribution in [-0.4, -0.2) is 37.7 Å². The van der Waals surface area contributed by atoms with Gasteiger partial charge in [-0.1, -0.05) is 41.9 Å². The Morgan fingerprint density at radius 2 is 1.79 bits per heavy atom. The number of rotatable bonds is 8. The summed E-state index contributed by atoms with van der Waals surface area (Å²) in [6.45, 7) is 2.90. The summed E-state index contributed by atoms with van der Waals surface area (Å²) in [7, 11) is -3.67. The lowest BCUT2D eigenvalue weighted by molar-refractivity contribution is -0.119. The van der Waals surface area contributed by atoms with Crippen LogP contribution in [0.3, 0.4) is 0 Å². The van der Waals surface area contributed by atoms with Gasteiger partial charge in [0.2, 0.25) is 5.91 Å². The number of carbonyl (C=O) groups is 1. The van der Waals surface area contributed by atoms with Gasteiger partial charge in [0.15, 0.2) is 0 Å². The number of carbonyl (C=O) groups excluding carboxylic acids is 1. The quantitative estimate of drug-likeness (QED) is 0.555. The number of halogens is 1. The van der Waals surface area contributed by atoms with Crippen LogP contribution < -0.4 is 15.8 Å². The van der Waals surface area contributed by atoms with Gasteiger partial charge in [-0.05, 0) is 43.7 Å². The average molecular weight is 429 g/mol. The Labute approximate surface area is 170 Å². The first-order chi connectivity index (χ1) is 13.1. The van der Waals surface area contributed by atoms with E-state index in [1.54, 1.807) is 6.92 Å². The first kappa shape index (κ1) is 23.9. The van der Waals surface area contributed by atoms with Gasteiger partial charge >= 0.3 is 0 Å². The monoisotopic (exact) mass is 428 g/mol. The molecule has 0 saturated heterocycles. The van der Waals surface area contributed by atoms with Crippen LogP contribution in [0.4, 0.5) is 0 Å². The fraction of sp³-hybridized carbons (Fsp3) is 0.316. The van der Waals surface area contributed by atoms with Crippen molar-refractivity contribution >= 4 is 27.6 Å². The smallest absolute Gasteiger partial charge is 0.261 e. The molecule has 0 aromatic heterocycles. The van der Waals surface area contributed by atoms with Crippen LogP contribution in [0, 0.1) is 0 Å². The van der Waals surface area contributed by atoms with E-state index in [0.29, 0.717) is 24.4 Å². The Bertz CT molecular complexity index is 849. The molecule has 0 spiro atoms. The maximum Gasteiger partial charge on any atom is 0.261 e.